The molecule has 0 aliphatic rings. The van der Waals surface area contributed by atoms with Gasteiger partial charge in [0.05, 0.1) is 13.2 Å². The highest BCUT2D eigenvalue weighted by atomic mass is 16.5. The lowest BCUT2D eigenvalue weighted by Gasteiger charge is -2.08. The van der Waals surface area contributed by atoms with Crippen LogP contribution in [0.2, 0.25) is 0 Å². The van der Waals surface area contributed by atoms with Crippen LogP contribution in [0.15, 0.2) is 36.5 Å². The van der Waals surface area contributed by atoms with Gasteiger partial charge in [0.2, 0.25) is 5.88 Å². The van der Waals surface area contributed by atoms with Crippen LogP contribution in [0.25, 0.3) is 0 Å². The Bertz CT molecular complexity index is 523. The van der Waals surface area contributed by atoms with Gasteiger partial charge in [0.25, 0.3) is 0 Å². The highest BCUT2D eigenvalue weighted by molar-refractivity contribution is 5.34. The third-order valence-electron chi connectivity index (χ3n) is 2.59. The Morgan fingerprint density at radius 3 is 2.28 bits per heavy atom. The van der Waals surface area contributed by atoms with Crippen LogP contribution in [0.1, 0.15) is 16.7 Å². The number of aromatic nitrogens is 1. The van der Waals surface area contributed by atoms with Gasteiger partial charge in [0, 0.05) is 11.8 Å². The molecule has 4 nitrogen and oxygen atoms in total. The Morgan fingerprint density at radius 2 is 1.72 bits per heavy atom. The van der Waals surface area contributed by atoms with E-state index in [1.54, 1.807) is 30.5 Å². The van der Waals surface area contributed by atoms with Crippen molar-refractivity contribution in [3.05, 3.63) is 53.2 Å². The van der Waals surface area contributed by atoms with Crippen LogP contribution in [-0.4, -0.2) is 15.2 Å². The van der Waals surface area contributed by atoms with Gasteiger partial charge in [-0.05, 0) is 36.2 Å². The van der Waals surface area contributed by atoms with Crippen molar-refractivity contribution in [2.24, 2.45) is 0 Å². The quantitative estimate of drug-likeness (QED) is 0.866. The summed E-state index contributed by atoms with van der Waals surface area (Å²) in [5.41, 5.74) is 2.46. The van der Waals surface area contributed by atoms with Gasteiger partial charge < -0.3 is 14.9 Å². The lowest BCUT2D eigenvalue weighted by Crippen LogP contribution is -1.94. The van der Waals surface area contributed by atoms with Crippen molar-refractivity contribution in [1.29, 1.82) is 0 Å². The van der Waals surface area contributed by atoms with Crippen LogP contribution < -0.4 is 4.74 Å². The smallest absolute Gasteiger partial charge is 0.222 e. The van der Waals surface area contributed by atoms with Gasteiger partial charge in [-0.1, -0.05) is 12.1 Å². The van der Waals surface area contributed by atoms with Crippen LogP contribution >= 0.6 is 0 Å². The molecule has 0 saturated carbocycles. The van der Waals surface area contributed by atoms with Gasteiger partial charge in [-0.15, -0.1) is 0 Å². The maximum Gasteiger partial charge on any atom is 0.222 e. The lowest BCUT2D eigenvalue weighted by atomic mass is 10.2. The van der Waals surface area contributed by atoms with Gasteiger partial charge >= 0.3 is 0 Å². The molecule has 94 valence electrons. The number of aliphatic hydroxyl groups is 2. The molecule has 1 aromatic carbocycles. The summed E-state index contributed by atoms with van der Waals surface area (Å²) in [6.45, 7) is 1.87. The average Bonchev–Trinajstić information content (AvgIpc) is 2.42. The summed E-state index contributed by atoms with van der Waals surface area (Å²) in [6, 6.07) is 9.00. The molecule has 2 rings (SSSR count). The standard InChI is InChI=1S/C14H15NO3/c1-10-6-12(9-17)7-15-14(10)18-13-4-2-11(8-16)3-5-13/h2-7,16-17H,8-9H2,1H3. The molecule has 1 aromatic heterocycles. The van der Waals surface area contributed by atoms with E-state index in [-0.39, 0.29) is 13.2 Å². The monoisotopic (exact) mass is 245 g/mol. The lowest BCUT2D eigenvalue weighted by molar-refractivity contribution is 0.281. The van der Waals surface area contributed by atoms with E-state index >= 15 is 0 Å². The minimum absolute atomic E-state index is 0.0166. The number of hydrogen-bond acceptors (Lipinski definition) is 4. The van der Waals surface area contributed by atoms with Gasteiger partial charge in [-0.2, -0.15) is 0 Å². The summed E-state index contributed by atoms with van der Waals surface area (Å²) < 4.78 is 5.63. The Balaban J connectivity index is 2.17. The Morgan fingerprint density at radius 1 is 1.06 bits per heavy atom. The molecule has 0 amide bonds. The van der Waals surface area contributed by atoms with Crippen molar-refractivity contribution in [3.63, 3.8) is 0 Å². The zero-order valence-electron chi connectivity index (χ0n) is 10.1. The Labute approximate surface area is 106 Å². The van der Waals surface area contributed by atoms with Crippen LogP contribution in [-0.2, 0) is 13.2 Å². The molecular weight excluding hydrogens is 230 g/mol. The third-order valence-corrected chi connectivity index (χ3v) is 2.59. The molecule has 0 spiro atoms. The van der Waals surface area contributed by atoms with Crippen LogP contribution in [0.3, 0.4) is 0 Å². The first-order chi connectivity index (χ1) is 8.72. The number of hydrogen-bond donors (Lipinski definition) is 2. The predicted octanol–water partition coefficient (Wildman–Crippen LogP) is 2.17. The average molecular weight is 245 g/mol. The van der Waals surface area contributed by atoms with E-state index in [9.17, 15) is 0 Å². The van der Waals surface area contributed by atoms with Crippen molar-refractivity contribution in [2.45, 2.75) is 20.1 Å². The van der Waals surface area contributed by atoms with Crippen LogP contribution in [0.4, 0.5) is 0 Å². The Kier molecular flexibility index (Phi) is 3.92. The molecule has 0 radical (unpaired) electrons. The largest absolute Gasteiger partial charge is 0.439 e. The van der Waals surface area contributed by atoms with E-state index in [0.29, 0.717) is 11.6 Å². The molecule has 2 aromatic rings. The van der Waals surface area contributed by atoms with Crippen molar-refractivity contribution < 1.29 is 14.9 Å². The molecule has 1 heterocycles. The number of pyridine rings is 1. The van der Waals surface area contributed by atoms with E-state index in [2.05, 4.69) is 4.98 Å². The van der Waals surface area contributed by atoms with E-state index in [1.807, 2.05) is 13.0 Å². The fourth-order valence-corrected chi connectivity index (χ4v) is 1.59. The second-order valence-electron chi connectivity index (χ2n) is 4.03. The number of aliphatic hydroxyl groups excluding tert-OH is 2. The fraction of sp³-hybridized carbons (Fsp3) is 0.214. The van der Waals surface area contributed by atoms with Crippen molar-refractivity contribution in [3.8, 4) is 11.6 Å². The first kappa shape index (κ1) is 12.5. The summed E-state index contributed by atoms with van der Waals surface area (Å²) in [5, 5.41) is 17.9. The predicted molar refractivity (Wildman–Crippen MR) is 67.3 cm³/mol. The van der Waals surface area contributed by atoms with Crippen LogP contribution in [0.5, 0.6) is 11.6 Å². The summed E-state index contributed by atoms with van der Waals surface area (Å²) in [5.74, 6) is 1.18. The number of benzene rings is 1. The zero-order valence-corrected chi connectivity index (χ0v) is 10.1. The molecule has 18 heavy (non-hydrogen) atoms. The van der Waals surface area contributed by atoms with Crippen LogP contribution in [0, 0.1) is 6.92 Å². The SMILES string of the molecule is Cc1cc(CO)cnc1Oc1ccc(CO)cc1. The maximum absolute atomic E-state index is 9.00. The van der Waals surface area contributed by atoms with Gasteiger partial charge in [-0.3, -0.25) is 0 Å². The van der Waals surface area contributed by atoms with Crippen molar-refractivity contribution >= 4 is 0 Å². The highest BCUT2D eigenvalue weighted by Gasteiger charge is 2.04. The second-order valence-corrected chi connectivity index (χ2v) is 4.03. The molecule has 0 fully saturated rings. The molecule has 0 aliphatic carbocycles. The summed E-state index contributed by atoms with van der Waals surface area (Å²) >= 11 is 0. The van der Waals surface area contributed by atoms with Gasteiger partial charge in [0.15, 0.2) is 0 Å². The minimum Gasteiger partial charge on any atom is -0.439 e. The molecule has 4 heteroatoms. The van der Waals surface area contributed by atoms with Gasteiger partial charge in [0.1, 0.15) is 5.75 Å². The number of rotatable bonds is 4. The van der Waals surface area contributed by atoms with E-state index in [0.717, 1.165) is 16.7 Å². The molecule has 0 bridgehead atoms. The molecule has 0 unspecified atom stereocenters. The Hall–Kier alpha value is -1.91. The van der Waals surface area contributed by atoms with E-state index < -0.39 is 0 Å². The molecular formula is C14H15NO3. The summed E-state index contributed by atoms with van der Waals surface area (Å²) in [4.78, 5) is 4.16. The minimum atomic E-state index is -0.0285. The topological polar surface area (TPSA) is 62.6 Å². The first-order valence-corrected chi connectivity index (χ1v) is 5.67. The number of nitrogens with zero attached hydrogens (tertiary/aromatic N) is 1. The van der Waals surface area contributed by atoms with E-state index in [4.69, 9.17) is 14.9 Å². The summed E-state index contributed by atoms with van der Waals surface area (Å²) in [6.07, 6.45) is 1.59. The second kappa shape index (κ2) is 5.62. The molecule has 2 N–H and O–H groups in total. The molecule has 0 atom stereocenters. The maximum atomic E-state index is 9.00. The first-order valence-electron chi connectivity index (χ1n) is 5.67. The normalized spacial score (nSPS) is 10.4. The fourth-order valence-electron chi connectivity index (χ4n) is 1.59. The summed E-state index contributed by atoms with van der Waals surface area (Å²) in [7, 11) is 0. The van der Waals surface area contributed by atoms with Crippen molar-refractivity contribution in [1.82, 2.24) is 4.98 Å². The number of aryl methyl sites for hydroxylation is 1. The molecule has 0 aliphatic heterocycles. The molecule has 0 saturated heterocycles. The van der Waals surface area contributed by atoms with E-state index in [1.165, 1.54) is 0 Å². The zero-order chi connectivity index (χ0) is 13.0. The van der Waals surface area contributed by atoms with Gasteiger partial charge in [-0.25, -0.2) is 4.98 Å². The third kappa shape index (κ3) is 2.85. The highest BCUT2D eigenvalue weighted by Crippen LogP contribution is 2.23. The van der Waals surface area contributed by atoms with Crippen molar-refractivity contribution in [2.75, 3.05) is 0 Å². The number of ether oxygens (including phenoxy) is 1.